The van der Waals surface area contributed by atoms with E-state index in [0.29, 0.717) is 15.9 Å². The summed E-state index contributed by atoms with van der Waals surface area (Å²) < 4.78 is 2.07. The molecule has 1 aromatic carbocycles. The molecule has 0 spiro atoms. The van der Waals surface area contributed by atoms with Crippen molar-refractivity contribution >= 4 is 28.6 Å². The highest BCUT2D eigenvalue weighted by Gasteiger charge is 2.08. The van der Waals surface area contributed by atoms with Gasteiger partial charge in [0.2, 0.25) is 0 Å². The molecule has 0 unspecified atom stereocenters. The van der Waals surface area contributed by atoms with Gasteiger partial charge >= 0.3 is 5.97 Å². The smallest absolute Gasteiger partial charge is 0.335 e. The summed E-state index contributed by atoms with van der Waals surface area (Å²) in [6, 6.07) is 6.54. The summed E-state index contributed by atoms with van der Waals surface area (Å²) >= 11 is 1.94. The average molecular weight is 370 g/mol. The Balaban J connectivity index is 2.42. The molecule has 6 heteroatoms. The molecule has 98 valence electrons. The van der Waals surface area contributed by atoms with Gasteiger partial charge in [-0.15, -0.1) is 0 Å². The molecular weight excluding hydrogens is 359 g/mol. The van der Waals surface area contributed by atoms with Crippen molar-refractivity contribution in [3.63, 3.8) is 0 Å². The first-order valence-electron chi connectivity index (χ1n) is 5.53. The number of aryl methyl sites for hydroxylation is 1. The summed E-state index contributed by atoms with van der Waals surface area (Å²) in [6.45, 7) is 2.06. The van der Waals surface area contributed by atoms with E-state index in [-0.39, 0.29) is 11.1 Å². The van der Waals surface area contributed by atoms with Gasteiger partial charge < -0.3 is 5.11 Å². The minimum absolute atomic E-state index is 0.117. The fourth-order valence-corrected chi connectivity index (χ4v) is 2.15. The minimum Gasteiger partial charge on any atom is -0.478 e. The number of nitrogens with zero attached hydrogens (tertiary/aromatic N) is 2. The minimum atomic E-state index is -0.980. The van der Waals surface area contributed by atoms with Crippen molar-refractivity contribution in [2.75, 3.05) is 0 Å². The van der Waals surface area contributed by atoms with E-state index in [0.717, 1.165) is 5.56 Å². The van der Waals surface area contributed by atoms with Gasteiger partial charge in [0.1, 0.15) is 5.82 Å². The molecule has 2 aromatic rings. The van der Waals surface area contributed by atoms with Crippen LogP contribution >= 0.6 is 22.6 Å². The van der Waals surface area contributed by atoms with Crippen LogP contribution in [0, 0.1) is 10.5 Å². The number of halogens is 1. The van der Waals surface area contributed by atoms with Crippen LogP contribution in [0.2, 0.25) is 0 Å². The number of hydrogen-bond acceptors (Lipinski definition) is 3. The number of carboxylic acid groups (broad SMARTS) is 1. The molecule has 1 aromatic heterocycles. The van der Waals surface area contributed by atoms with Crippen molar-refractivity contribution in [2.45, 2.75) is 13.5 Å². The standard InChI is InChI=1S/C13H11IN2O3/c1-8-15-6-11(14)12(17)16(8)7-9-3-2-4-10(5-9)13(18)19/h2-6H,7H2,1H3,(H,18,19). The number of hydrogen-bond donors (Lipinski definition) is 1. The van der Waals surface area contributed by atoms with Gasteiger partial charge in [0.25, 0.3) is 5.56 Å². The van der Waals surface area contributed by atoms with Crippen LogP contribution < -0.4 is 5.56 Å². The highest BCUT2D eigenvalue weighted by Crippen LogP contribution is 2.08. The molecule has 0 fully saturated rings. The molecule has 0 saturated heterocycles. The first-order chi connectivity index (χ1) is 8.99. The molecule has 1 heterocycles. The van der Waals surface area contributed by atoms with Crippen molar-refractivity contribution < 1.29 is 9.90 Å². The molecule has 0 bridgehead atoms. The maximum absolute atomic E-state index is 12.0. The van der Waals surface area contributed by atoms with Crippen molar-refractivity contribution in [1.82, 2.24) is 9.55 Å². The topological polar surface area (TPSA) is 72.2 Å². The van der Waals surface area contributed by atoms with Gasteiger partial charge in [0.05, 0.1) is 15.7 Å². The Labute approximate surface area is 123 Å². The van der Waals surface area contributed by atoms with E-state index in [2.05, 4.69) is 4.98 Å². The Kier molecular flexibility index (Phi) is 3.98. The lowest BCUT2D eigenvalue weighted by atomic mass is 10.1. The third kappa shape index (κ3) is 3.01. The first kappa shape index (κ1) is 13.7. The Bertz CT molecular complexity index is 695. The number of rotatable bonds is 3. The summed E-state index contributed by atoms with van der Waals surface area (Å²) in [5.74, 6) is -0.377. The SMILES string of the molecule is Cc1ncc(I)c(=O)n1Cc1cccc(C(=O)O)c1. The highest BCUT2D eigenvalue weighted by molar-refractivity contribution is 14.1. The Morgan fingerprint density at radius 3 is 2.89 bits per heavy atom. The predicted molar refractivity (Wildman–Crippen MR) is 78.5 cm³/mol. The van der Waals surface area contributed by atoms with E-state index < -0.39 is 5.97 Å². The molecule has 1 N–H and O–H groups in total. The predicted octanol–water partition coefficient (Wildman–Crippen LogP) is 1.90. The van der Waals surface area contributed by atoms with Crippen molar-refractivity contribution in [3.8, 4) is 0 Å². The average Bonchev–Trinajstić information content (AvgIpc) is 2.39. The number of aromatic nitrogens is 2. The van der Waals surface area contributed by atoms with Gasteiger partial charge in [-0.2, -0.15) is 0 Å². The summed E-state index contributed by atoms with van der Waals surface area (Å²) in [7, 11) is 0. The highest BCUT2D eigenvalue weighted by atomic mass is 127. The van der Waals surface area contributed by atoms with Crippen LogP contribution in [-0.4, -0.2) is 20.6 Å². The number of carboxylic acids is 1. The van der Waals surface area contributed by atoms with Gasteiger partial charge in [-0.3, -0.25) is 9.36 Å². The molecule has 2 rings (SSSR count). The summed E-state index contributed by atoms with van der Waals surface area (Å²) in [5.41, 5.74) is 0.851. The molecule has 0 radical (unpaired) electrons. The molecule has 5 nitrogen and oxygen atoms in total. The lowest BCUT2D eigenvalue weighted by molar-refractivity contribution is 0.0696. The van der Waals surface area contributed by atoms with E-state index in [1.54, 1.807) is 25.1 Å². The zero-order valence-electron chi connectivity index (χ0n) is 10.1. The molecule has 0 atom stereocenters. The van der Waals surface area contributed by atoms with Crippen LogP contribution in [0.4, 0.5) is 0 Å². The third-order valence-electron chi connectivity index (χ3n) is 2.72. The first-order valence-corrected chi connectivity index (χ1v) is 6.61. The van der Waals surface area contributed by atoms with Crippen LogP contribution in [-0.2, 0) is 6.54 Å². The van der Waals surface area contributed by atoms with Gasteiger partial charge in [0, 0.05) is 6.20 Å². The third-order valence-corrected chi connectivity index (χ3v) is 3.46. The van der Waals surface area contributed by atoms with Crippen LogP contribution in [0.1, 0.15) is 21.7 Å². The van der Waals surface area contributed by atoms with Crippen LogP contribution in [0.25, 0.3) is 0 Å². The van der Waals surface area contributed by atoms with Gasteiger partial charge in [0.15, 0.2) is 0 Å². The normalized spacial score (nSPS) is 10.4. The lowest BCUT2D eigenvalue weighted by Gasteiger charge is -2.09. The zero-order chi connectivity index (χ0) is 14.0. The molecule has 0 aliphatic heterocycles. The second-order valence-corrected chi connectivity index (χ2v) is 5.21. The zero-order valence-corrected chi connectivity index (χ0v) is 12.3. The van der Waals surface area contributed by atoms with E-state index in [1.807, 2.05) is 22.6 Å². The largest absolute Gasteiger partial charge is 0.478 e. The molecule has 19 heavy (non-hydrogen) atoms. The van der Waals surface area contributed by atoms with Crippen LogP contribution in [0.3, 0.4) is 0 Å². The molecule has 0 aliphatic carbocycles. The quantitative estimate of drug-likeness (QED) is 0.838. The Hall–Kier alpha value is -1.70. The van der Waals surface area contributed by atoms with Crippen LogP contribution in [0.5, 0.6) is 0 Å². The van der Waals surface area contributed by atoms with Gasteiger partial charge in [-0.05, 0) is 47.2 Å². The number of benzene rings is 1. The molecule has 0 amide bonds. The van der Waals surface area contributed by atoms with Gasteiger partial charge in [-0.1, -0.05) is 12.1 Å². The molecular formula is C13H11IN2O3. The van der Waals surface area contributed by atoms with Crippen LogP contribution in [0.15, 0.2) is 35.3 Å². The fraction of sp³-hybridized carbons (Fsp3) is 0.154. The maximum atomic E-state index is 12.0. The monoisotopic (exact) mass is 370 g/mol. The summed E-state index contributed by atoms with van der Waals surface area (Å²) in [4.78, 5) is 27.1. The lowest BCUT2D eigenvalue weighted by Crippen LogP contribution is -2.26. The van der Waals surface area contributed by atoms with Crippen molar-refractivity contribution in [2.24, 2.45) is 0 Å². The second-order valence-electron chi connectivity index (χ2n) is 4.05. The summed E-state index contributed by atoms with van der Waals surface area (Å²) in [6.07, 6.45) is 1.53. The number of aromatic carboxylic acids is 1. The fourth-order valence-electron chi connectivity index (χ4n) is 1.72. The number of carbonyl (C=O) groups is 1. The van der Waals surface area contributed by atoms with E-state index >= 15 is 0 Å². The maximum Gasteiger partial charge on any atom is 0.335 e. The Morgan fingerprint density at radius 1 is 1.47 bits per heavy atom. The van der Waals surface area contributed by atoms with Gasteiger partial charge in [-0.25, -0.2) is 9.78 Å². The second kappa shape index (κ2) is 5.52. The van der Waals surface area contributed by atoms with E-state index in [1.165, 1.54) is 16.8 Å². The Morgan fingerprint density at radius 2 is 2.21 bits per heavy atom. The van der Waals surface area contributed by atoms with E-state index in [4.69, 9.17) is 5.11 Å². The summed E-state index contributed by atoms with van der Waals surface area (Å²) in [5, 5.41) is 8.95. The van der Waals surface area contributed by atoms with Crippen molar-refractivity contribution in [3.05, 3.63) is 61.3 Å². The molecule has 0 aliphatic rings. The molecule has 0 saturated carbocycles. The van der Waals surface area contributed by atoms with Crippen molar-refractivity contribution in [1.29, 1.82) is 0 Å². The van der Waals surface area contributed by atoms with E-state index in [9.17, 15) is 9.59 Å².